The Hall–Kier alpha value is -2.22. The molecule has 6 nitrogen and oxygen atoms in total. The van der Waals surface area contributed by atoms with E-state index in [4.69, 9.17) is 9.29 Å². The van der Waals surface area contributed by atoms with E-state index in [1.807, 2.05) is 6.92 Å². The number of benzene rings is 2. The summed E-state index contributed by atoms with van der Waals surface area (Å²) < 4.78 is 34.7. The standard InChI is InChI=1S/C17H23NO2.C7H8O3S/c1-11-4-6-12(7-5-11)14-10-13-8-9-15(18(13)2)16(14)17(19)20-3;1-6-2-4-7(5-3-6)11(8,9)10/h4-7,13-16H,8-10H2,1-3H3;2-5H,1H3,(H,8,9,10)/t13-,14-,15+,16-;/m0./s1. The molecule has 2 aliphatic heterocycles. The molecule has 2 aliphatic rings. The number of carbonyl (C=O) groups excluding carboxylic acids is 1. The van der Waals surface area contributed by atoms with Crippen LogP contribution in [0, 0.1) is 19.8 Å². The van der Waals surface area contributed by atoms with Gasteiger partial charge in [0, 0.05) is 18.0 Å². The Kier molecular flexibility index (Phi) is 7.19. The van der Waals surface area contributed by atoms with Crippen LogP contribution in [0.5, 0.6) is 0 Å². The number of methoxy groups -OCH3 is 1. The number of fused-ring (bicyclic) bond motifs is 2. The highest BCUT2D eigenvalue weighted by atomic mass is 32.2. The number of hydrogen-bond donors (Lipinski definition) is 1. The molecular weight excluding hydrogens is 414 g/mol. The fourth-order valence-electron chi connectivity index (χ4n) is 4.79. The lowest BCUT2D eigenvalue weighted by molar-refractivity contribution is -0.150. The van der Waals surface area contributed by atoms with Gasteiger partial charge in [0.1, 0.15) is 0 Å². The molecule has 2 aromatic rings. The van der Waals surface area contributed by atoms with E-state index in [2.05, 4.69) is 43.1 Å². The molecule has 1 N–H and O–H groups in total. The Morgan fingerprint density at radius 3 is 2.06 bits per heavy atom. The van der Waals surface area contributed by atoms with E-state index < -0.39 is 10.1 Å². The second kappa shape index (κ2) is 9.51. The van der Waals surface area contributed by atoms with Crippen LogP contribution >= 0.6 is 0 Å². The molecule has 0 spiro atoms. The minimum Gasteiger partial charge on any atom is -0.469 e. The van der Waals surface area contributed by atoms with Crippen LogP contribution in [0.4, 0.5) is 0 Å². The summed E-state index contributed by atoms with van der Waals surface area (Å²) in [5, 5.41) is 0. The average Bonchev–Trinajstić information content (AvgIpc) is 2.96. The van der Waals surface area contributed by atoms with Crippen molar-refractivity contribution in [2.45, 2.75) is 56.0 Å². The largest absolute Gasteiger partial charge is 0.469 e. The van der Waals surface area contributed by atoms with Crippen molar-refractivity contribution in [2.24, 2.45) is 5.92 Å². The predicted molar refractivity (Wildman–Crippen MR) is 120 cm³/mol. The summed E-state index contributed by atoms with van der Waals surface area (Å²) >= 11 is 0. The molecule has 0 aliphatic carbocycles. The molecule has 2 saturated heterocycles. The lowest BCUT2D eigenvalue weighted by atomic mass is 9.76. The van der Waals surface area contributed by atoms with Gasteiger partial charge in [-0.1, -0.05) is 47.5 Å². The lowest BCUT2D eigenvalue weighted by Crippen LogP contribution is -2.49. The van der Waals surface area contributed by atoms with Crippen LogP contribution < -0.4 is 0 Å². The van der Waals surface area contributed by atoms with Crippen LogP contribution in [0.2, 0.25) is 0 Å². The van der Waals surface area contributed by atoms with Crippen molar-refractivity contribution in [3.8, 4) is 0 Å². The van der Waals surface area contributed by atoms with Crippen molar-refractivity contribution in [1.29, 1.82) is 0 Å². The molecule has 168 valence electrons. The maximum atomic E-state index is 12.3. The number of piperidine rings is 1. The Morgan fingerprint density at radius 2 is 1.55 bits per heavy atom. The van der Waals surface area contributed by atoms with Gasteiger partial charge in [-0.15, -0.1) is 0 Å². The summed E-state index contributed by atoms with van der Waals surface area (Å²) in [5.74, 6) is 0.232. The van der Waals surface area contributed by atoms with Gasteiger partial charge in [0.15, 0.2) is 0 Å². The second-order valence-electron chi connectivity index (χ2n) is 8.55. The summed E-state index contributed by atoms with van der Waals surface area (Å²) in [6.45, 7) is 3.94. The van der Waals surface area contributed by atoms with E-state index in [0.717, 1.165) is 18.4 Å². The van der Waals surface area contributed by atoms with Crippen molar-refractivity contribution < 1.29 is 22.5 Å². The van der Waals surface area contributed by atoms with Crippen LogP contribution in [0.3, 0.4) is 0 Å². The van der Waals surface area contributed by atoms with Crippen molar-refractivity contribution >= 4 is 16.1 Å². The highest BCUT2D eigenvalue weighted by Gasteiger charge is 2.49. The van der Waals surface area contributed by atoms with Gasteiger partial charge in [0.25, 0.3) is 10.1 Å². The Morgan fingerprint density at radius 1 is 1.00 bits per heavy atom. The number of aryl methyl sites for hydroxylation is 2. The van der Waals surface area contributed by atoms with Crippen LogP contribution in [-0.4, -0.2) is 50.1 Å². The smallest absolute Gasteiger partial charge is 0.310 e. The summed E-state index contributed by atoms with van der Waals surface area (Å²) in [4.78, 5) is 14.6. The number of hydrogen-bond acceptors (Lipinski definition) is 5. The maximum absolute atomic E-state index is 12.3. The topological polar surface area (TPSA) is 83.9 Å². The zero-order chi connectivity index (χ0) is 22.8. The number of rotatable bonds is 3. The Balaban J connectivity index is 0.000000210. The first kappa shape index (κ1) is 23.4. The monoisotopic (exact) mass is 445 g/mol. The normalized spacial score (nSPS) is 25.5. The highest BCUT2D eigenvalue weighted by Crippen LogP contribution is 2.46. The third-order valence-corrected chi connectivity index (χ3v) is 7.43. The van der Waals surface area contributed by atoms with Gasteiger partial charge in [-0.05, 0) is 57.9 Å². The molecular formula is C24H31NO5S. The van der Waals surface area contributed by atoms with E-state index >= 15 is 0 Å². The van der Waals surface area contributed by atoms with E-state index in [0.29, 0.717) is 18.0 Å². The third-order valence-electron chi connectivity index (χ3n) is 6.57. The molecule has 0 radical (unpaired) electrons. The quantitative estimate of drug-likeness (QED) is 0.568. The minimum absolute atomic E-state index is 0.0218. The van der Waals surface area contributed by atoms with Crippen molar-refractivity contribution in [1.82, 2.24) is 4.90 Å². The Labute approximate surface area is 185 Å². The first-order valence-corrected chi connectivity index (χ1v) is 12.0. The SMILES string of the molecule is COC(=O)[C@@H]1[C@H]2CC[C@@H](C[C@H]1c1ccc(C)cc1)N2C.Cc1ccc(S(=O)(=O)O)cc1. The molecule has 0 amide bonds. The number of nitrogens with zero attached hydrogens (tertiary/aromatic N) is 1. The van der Waals surface area contributed by atoms with Gasteiger partial charge in [-0.3, -0.25) is 14.2 Å². The van der Waals surface area contributed by atoms with E-state index in [-0.39, 0.29) is 16.8 Å². The van der Waals surface area contributed by atoms with Crippen molar-refractivity contribution in [3.63, 3.8) is 0 Å². The van der Waals surface area contributed by atoms with Crippen LogP contribution in [-0.2, 0) is 19.6 Å². The third kappa shape index (κ3) is 5.34. The zero-order valence-corrected chi connectivity index (χ0v) is 19.3. The molecule has 7 heteroatoms. The van der Waals surface area contributed by atoms with Gasteiger partial charge in [-0.2, -0.15) is 8.42 Å². The zero-order valence-electron chi connectivity index (χ0n) is 18.5. The average molecular weight is 446 g/mol. The maximum Gasteiger partial charge on any atom is 0.310 e. The molecule has 0 saturated carbocycles. The first-order valence-electron chi connectivity index (χ1n) is 10.5. The van der Waals surface area contributed by atoms with Crippen LogP contribution in [0.1, 0.15) is 41.9 Å². The van der Waals surface area contributed by atoms with E-state index in [1.54, 1.807) is 12.1 Å². The molecule has 31 heavy (non-hydrogen) atoms. The summed E-state index contributed by atoms with van der Waals surface area (Å²) in [6.07, 6.45) is 3.39. The summed E-state index contributed by atoms with van der Waals surface area (Å²) in [6, 6.07) is 15.6. The van der Waals surface area contributed by atoms with Gasteiger partial charge < -0.3 is 4.74 Å². The molecule has 2 bridgehead atoms. The van der Waals surface area contributed by atoms with Gasteiger partial charge >= 0.3 is 5.97 Å². The Bertz CT molecular complexity index is 1000. The van der Waals surface area contributed by atoms with Crippen LogP contribution in [0.25, 0.3) is 0 Å². The highest BCUT2D eigenvalue weighted by molar-refractivity contribution is 7.85. The molecule has 0 unspecified atom stereocenters. The summed E-state index contributed by atoms with van der Waals surface area (Å²) in [7, 11) is -0.354. The second-order valence-corrected chi connectivity index (χ2v) is 9.98. The molecule has 4 atom stereocenters. The molecule has 4 rings (SSSR count). The van der Waals surface area contributed by atoms with E-state index in [1.165, 1.54) is 36.8 Å². The molecule has 2 heterocycles. The van der Waals surface area contributed by atoms with E-state index in [9.17, 15) is 13.2 Å². The number of esters is 1. The number of carbonyl (C=O) groups is 1. The van der Waals surface area contributed by atoms with Crippen molar-refractivity contribution in [2.75, 3.05) is 14.2 Å². The van der Waals surface area contributed by atoms with Gasteiger partial charge in [-0.25, -0.2) is 0 Å². The van der Waals surface area contributed by atoms with Gasteiger partial charge in [0.2, 0.25) is 0 Å². The molecule has 0 aromatic heterocycles. The molecule has 2 aromatic carbocycles. The fourth-order valence-corrected chi connectivity index (χ4v) is 5.27. The number of ether oxygens (including phenoxy) is 1. The van der Waals surface area contributed by atoms with Crippen molar-refractivity contribution in [3.05, 3.63) is 65.2 Å². The van der Waals surface area contributed by atoms with Gasteiger partial charge in [0.05, 0.1) is 17.9 Å². The fraction of sp³-hybridized carbons (Fsp3) is 0.458. The first-order chi connectivity index (χ1) is 14.6. The van der Waals surface area contributed by atoms with Crippen LogP contribution in [0.15, 0.2) is 53.4 Å². The minimum atomic E-state index is -4.02. The lowest BCUT2D eigenvalue weighted by Gasteiger charge is -2.41. The summed E-state index contributed by atoms with van der Waals surface area (Å²) in [5.41, 5.74) is 3.51. The predicted octanol–water partition coefficient (Wildman–Crippen LogP) is 3.98. The molecule has 2 fully saturated rings.